The number of carbonyl (C=O) groups excluding carboxylic acids is 1. The Morgan fingerprint density at radius 3 is 2.48 bits per heavy atom. The highest BCUT2D eigenvalue weighted by molar-refractivity contribution is 5.95. The fourth-order valence-electron chi connectivity index (χ4n) is 2.81. The van der Waals surface area contributed by atoms with Crippen LogP contribution < -0.4 is 20.7 Å². The molecule has 7 nitrogen and oxygen atoms in total. The molecule has 7 heteroatoms. The van der Waals surface area contributed by atoms with E-state index in [-0.39, 0.29) is 5.91 Å². The summed E-state index contributed by atoms with van der Waals surface area (Å²) in [5.74, 6) is 1.90. The summed E-state index contributed by atoms with van der Waals surface area (Å²) in [5.41, 5.74) is 3.38. The molecule has 0 radical (unpaired) electrons. The van der Waals surface area contributed by atoms with Crippen LogP contribution >= 0.6 is 0 Å². The Balaban J connectivity index is 1.54. The summed E-state index contributed by atoms with van der Waals surface area (Å²) in [6.07, 6.45) is 0. The third-order valence-electron chi connectivity index (χ3n) is 4.30. The number of hydrogen-bond donors (Lipinski definition) is 3. The number of nitrogens with zero attached hydrogens (tertiary/aromatic N) is 2. The van der Waals surface area contributed by atoms with Crippen LogP contribution in [0.3, 0.4) is 0 Å². The second kappa shape index (κ2) is 9.54. The Bertz CT molecular complexity index is 973. The van der Waals surface area contributed by atoms with Gasteiger partial charge in [0.05, 0.1) is 7.11 Å². The fraction of sp³-hybridized carbons (Fsp3) is 0.227. The quantitative estimate of drug-likeness (QED) is 0.508. The number of rotatable bonds is 8. The molecule has 0 bridgehead atoms. The molecular weight excluding hydrogens is 366 g/mol. The number of methoxy groups -OCH3 is 1. The maximum Gasteiger partial charge on any atom is 0.251 e. The zero-order chi connectivity index (χ0) is 20.6. The van der Waals surface area contributed by atoms with Gasteiger partial charge in [-0.3, -0.25) is 4.79 Å². The molecule has 0 fully saturated rings. The zero-order valence-corrected chi connectivity index (χ0v) is 16.8. The number of aromatic nitrogens is 2. The summed E-state index contributed by atoms with van der Waals surface area (Å²) in [6.45, 7) is 4.81. The molecule has 0 saturated carbocycles. The molecule has 29 heavy (non-hydrogen) atoms. The van der Waals surface area contributed by atoms with E-state index in [4.69, 9.17) is 4.74 Å². The molecule has 1 amide bonds. The van der Waals surface area contributed by atoms with Crippen molar-refractivity contribution >= 4 is 23.4 Å². The predicted molar refractivity (Wildman–Crippen MR) is 115 cm³/mol. The highest BCUT2D eigenvalue weighted by atomic mass is 16.5. The molecule has 3 rings (SSSR count). The standard InChI is InChI=1S/C22H25N5O2/c1-15-6-4-5-7-19(15)21(28)23-12-13-24-22-25-16(2)14-20(27-22)26-17-8-10-18(29-3)11-9-17/h4-11,14H,12-13H2,1-3H3,(H,23,28)(H2,24,25,26,27). The molecule has 0 aliphatic carbocycles. The SMILES string of the molecule is COc1ccc(Nc2cc(C)nc(NCCNC(=O)c3ccccc3C)n2)cc1. The first kappa shape index (κ1) is 20.1. The molecule has 1 heterocycles. The highest BCUT2D eigenvalue weighted by Crippen LogP contribution is 2.19. The second-order valence-electron chi connectivity index (χ2n) is 6.57. The lowest BCUT2D eigenvalue weighted by Gasteiger charge is -2.11. The number of ether oxygens (including phenoxy) is 1. The minimum atomic E-state index is -0.0862. The number of aryl methyl sites for hydroxylation is 2. The number of benzene rings is 2. The predicted octanol–water partition coefficient (Wildman–Crippen LogP) is 3.69. The van der Waals surface area contributed by atoms with Gasteiger partial charge in [0, 0.05) is 36.1 Å². The highest BCUT2D eigenvalue weighted by Gasteiger charge is 2.07. The molecule has 0 atom stereocenters. The van der Waals surface area contributed by atoms with Gasteiger partial charge in [-0.25, -0.2) is 4.98 Å². The first-order chi connectivity index (χ1) is 14.0. The third kappa shape index (κ3) is 5.68. The Morgan fingerprint density at radius 1 is 1.00 bits per heavy atom. The summed E-state index contributed by atoms with van der Waals surface area (Å²) >= 11 is 0. The van der Waals surface area contributed by atoms with Crippen LogP contribution in [0.5, 0.6) is 5.75 Å². The first-order valence-electron chi connectivity index (χ1n) is 9.39. The van der Waals surface area contributed by atoms with Gasteiger partial charge < -0.3 is 20.7 Å². The average molecular weight is 391 g/mol. The van der Waals surface area contributed by atoms with Crippen molar-refractivity contribution in [3.63, 3.8) is 0 Å². The molecule has 3 aromatic rings. The first-order valence-corrected chi connectivity index (χ1v) is 9.39. The average Bonchev–Trinajstić information content (AvgIpc) is 2.71. The lowest BCUT2D eigenvalue weighted by Crippen LogP contribution is -2.29. The lowest BCUT2D eigenvalue weighted by atomic mass is 10.1. The maximum absolute atomic E-state index is 12.2. The number of carbonyl (C=O) groups is 1. The molecule has 3 N–H and O–H groups in total. The van der Waals surface area contributed by atoms with Gasteiger partial charge in [-0.1, -0.05) is 18.2 Å². The van der Waals surface area contributed by atoms with E-state index >= 15 is 0 Å². The monoisotopic (exact) mass is 391 g/mol. The van der Waals surface area contributed by atoms with E-state index in [9.17, 15) is 4.79 Å². The number of amides is 1. The molecule has 0 unspecified atom stereocenters. The molecule has 2 aromatic carbocycles. The van der Waals surface area contributed by atoms with Crippen molar-refractivity contribution in [1.29, 1.82) is 0 Å². The van der Waals surface area contributed by atoms with Gasteiger partial charge in [-0.15, -0.1) is 0 Å². The lowest BCUT2D eigenvalue weighted by molar-refractivity contribution is 0.0954. The minimum absolute atomic E-state index is 0.0862. The van der Waals surface area contributed by atoms with Crippen LogP contribution in [-0.4, -0.2) is 36.1 Å². The summed E-state index contributed by atoms with van der Waals surface area (Å²) in [7, 11) is 1.64. The summed E-state index contributed by atoms with van der Waals surface area (Å²) in [5, 5.41) is 9.32. The van der Waals surface area contributed by atoms with Crippen LogP contribution in [0.4, 0.5) is 17.5 Å². The van der Waals surface area contributed by atoms with Gasteiger partial charge in [-0.2, -0.15) is 4.98 Å². The van der Waals surface area contributed by atoms with Crippen LogP contribution in [0.2, 0.25) is 0 Å². The van der Waals surface area contributed by atoms with E-state index in [2.05, 4.69) is 25.9 Å². The van der Waals surface area contributed by atoms with E-state index < -0.39 is 0 Å². The van der Waals surface area contributed by atoms with Crippen LogP contribution in [0, 0.1) is 13.8 Å². The van der Waals surface area contributed by atoms with Crippen molar-refractivity contribution in [2.75, 3.05) is 30.8 Å². The number of hydrogen-bond acceptors (Lipinski definition) is 6. The molecule has 0 aliphatic rings. The van der Waals surface area contributed by atoms with E-state index in [1.165, 1.54) is 0 Å². The Labute approximate surface area is 170 Å². The van der Waals surface area contributed by atoms with Crippen LogP contribution in [0.15, 0.2) is 54.6 Å². The van der Waals surface area contributed by atoms with Gasteiger partial charge in [0.2, 0.25) is 5.95 Å². The molecule has 0 spiro atoms. The largest absolute Gasteiger partial charge is 0.497 e. The zero-order valence-electron chi connectivity index (χ0n) is 16.8. The molecular formula is C22H25N5O2. The van der Waals surface area contributed by atoms with Gasteiger partial charge in [0.15, 0.2) is 0 Å². The van der Waals surface area contributed by atoms with Crippen LogP contribution in [-0.2, 0) is 0 Å². The Hall–Kier alpha value is -3.61. The van der Waals surface area contributed by atoms with Crippen molar-refractivity contribution in [2.24, 2.45) is 0 Å². The van der Waals surface area contributed by atoms with Crippen LogP contribution in [0.1, 0.15) is 21.6 Å². The number of anilines is 3. The maximum atomic E-state index is 12.2. The third-order valence-corrected chi connectivity index (χ3v) is 4.30. The Kier molecular flexibility index (Phi) is 6.63. The van der Waals surface area contributed by atoms with Gasteiger partial charge in [0.25, 0.3) is 5.91 Å². The molecule has 1 aromatic heterocycles. The van der Waals surface area contributed by atoms with Crippen molar-refractivity contribution in [1.82, 2.24) is 15.3 Å². The van der Waals surface area contributed by atoms with E-state index in [0.717, 1.165) is 22.7 Å². The van der Waals surface area contributed by atoms with E-state index in [0.29, 0.717) is 30.4 Å². The summed E-state index contributed by atoms with van der Waals surface area (Å²) < 4.78 is 5.17. The number of nitrogens with one attached hydrogen (secondary N) is 3. The van der Waals surface area contributed by atoms with Crippen molar-refractivity contribution < 1.29 is 9.53 Å². The smallest absolute Gasteiger partial charge is 0.251 e. The second-order valence-corrected chi connectivity index (χ2v) is 6.57. The van der Waals surface area contributed by atoms with E-state index in [1.54, 1.807) is 7.11 Å². The molecule has 0 aliphatic heterocycles. The molecule has 150 valence electrons. The van der Waals surface area contributed by atoms with Crippen LogP contribution in [0.25, 0.3) is 0 Å². The van der Waals surface area contributed by atoms with Gasteiger partial charge >= 0.3 is 0 Å². The van der Waals surface area contributed by atoms with Gasteiger partial charge in [0.1, 0.15) is 11.6 Å². The van der Waals surface area contributed by atoms with Crippen molar-refractivity contribution in [2.45, 2.75) is 13.8 Å². The Morgan fingerprint density at radius 2 is 1.76 bits per heavy atom. The minimum Gasteiger partial charge on any atom is -0.497 e. The molecule has 0 saturated heterocycles. The normalized spacial score (nSPS) is 10.3. The summed E-state index contributed by atoms with van der Waals surface area (Å²) in [4.78, 5) is 21.1. The van der Waals surface area contributed by atoms with Crippen molar-refractivity contribution in [3.8, 4) is 5.75 Å². The topological polar surface area (TPSA) is 88.2 Å². The van der Waals surface area contributed by atoms with Crippen molar-refractivity contribution in [3.05, 3.63) is 71.4 Å². The summed E-state index contributed by atoms with van der Waals surface area (Å²) in [6, 6.07) is 17.0. The van der Waals surface area contributed by atoms with Gasteiger partial charge in [-0.05, 0) is 49.7 Å². The van der Waals surface area contributed by atoms with E-state index in [1.807, 2.05) is 68.4 Å². The fourth-order valence-corrected chi connectivity index (χ4v) is 2.81.